The second kappa shape index (κ2) is 7.48. The molecule has 3 rings (SSSR count). The number of nitrogens with two attached hydrogens (primary N) is 2. The van der Waals surface area contributed by atoms with Gasteiger partial charge in [-0.1, -0.05) is 12.1 Å². The Hall–Kier alpha value is -3.67. The summed E-state index contributed by atoms with van der Waals surface area (Å²) in [6, 6.07) is 19.3. The molecule has 0 spiro atoms. The van der Waals surface area contributed by atoms with Gasteiger partial charge in [-0.3, -0.25) is 5.32 Å². The largest absolute Gasteiger partial charge is 0.497 e. The highest BCUT2D eigenvalue weighted by Crippen LogP contribution is 2.31. The van der Waals surface area contributed by atoms with Crippen molar-refractivity contribution in [1.29, 1.82) is 0 Å². The van der Waals surface area contributed by atoms with E-state index in [-0.39, 0.29) is 0 Å². The Kier molecular flexibility index (Phi) is 4.94. The number of hydrogen-bond acceptors (Lipinski definition) is 5. The van der Waals surface area contributed by atoms with Crippen molar-refractivity contribution >= 4 is 23.2 Å². The molecular weight excluding hydrogens is 330 g/mol. The Labute approximate surface area is 151 Å². The van der Waals surface area contributed by atoms with Gasteiger partial charge in [-0.2, -0.15) is 0 Å². The van der Waals surface area contributed by atoms with Crippen LogP contribution < -0.4 is 26.3 Å². The van der Waals surface area contributed by atoms with Crippen molar-refractivity contribution in [3.05, 3.63) is 66.7 Å². The van der Waals surface area contributed by atoms with Gasteiger partial charge in [0.15, 0.2) is 0 Å². The molecular formula is C20H19N3O3. The van der Waals surface area contributed by atoms with Crippen LogP contribution in [0.15, 0.2) is 66.7 Å². The lowest BCUT2D eigenvalue weighted by molar-refractivity contribution is 0.215. The molecule has 0 aliphatic heterocycles. The number of nitrogen functional groups attached to an aromatic ring is 2. The van der Waals surface area contributed by atoms with Gasteiger partial charge in [0.2, 0.25) is 0 Å². The monoisotopic (exact) mass is 349 g/mol. The fourth-order valence-corrected chi connectivity index (χ4v) is 2.50. The second-order valence-electron chi connectivity index (χ2n) is 5.62. The van der Waals surface area contributed by atoms with Crippen LogP contribution in [-0.2, 0) is 0 Å². The van der Waals surface area contributed by atoms with Crippen molar-refractivity contribution in [3.63, 3.8) is 0 Å². The summed E-state index contributed by atoms with van der Waals surface area (Å²) in [5.41, 5.74) is 15.1. The number of ether oxygens (including phenoxy) is 2. The summed E-state index contributed by atoms with van der Waals surface area (Å²) in [6.07, 6.45) is -0.606. The first-order valence-electron chi connectivity index (χ1n) is 7.93. The Morgan fingerprint density at radius 3 is 2.27 bits per heavy atom. The third kappa shape index (κ3) is 4.05. The molecule has 0 saturated carbocycles. The number of nitrogens with one attached hydrogen (secondary N) is 1. The molecule has 0 aromatic heterocycles. The minimum atomic E-state index is -0.606. The van der Waals surface area contributed by atoms with Crippen LogP contribution in [0, 0.1) is 0 Å². The van der Waals surface area contributed by atoms with Gasteiger partial charge in [0.25, 0.3) is 0 Å². The van der Waals surface area contributed by atoms with E-state index >= 15 is 0 Å². The van der Waals surface area contributed by atoms with Crippen LogP contribution in [-0.4, -0.2) is 13.2 Å². The maximum atomic E-state index is 12.3. The number of hydrogen-bond donors (Lipinski definition) is 3. The SMILES string of the molecule is COc1ccc(OC(=O)Nc2ccc(N)cc2-c2cccc(N)c2)cc1. The molecule has 6 heteroatoms. The van der Waals surface area contributed by atoms with E-state index < -0.39 is 6.09 Å². The highest BCUT2D eigenvalue weighted by atomic mass is 16.6. The Morgan fingerprint density at radius 2 is 1.58 bits per heavy atom. The van der Waals surface area contributed by atoms with E-state index in [4.69, 9.17) is 20.9 Å². The van der Waals surface area contributed by atoms with E-state index in [0.717, 1.165) is 11.1 Å². The minimum absolute atomic E-state index is 0.407. The maximum absolute atomic E-state index is 12.3. The molecule has 0 bridgehead atoms. The fourth-order valence-electron chi connectivity index (χ4n) is 2.50. The molecule has 0 saturated heterocycles. The lowest BCUT2D eigenvalue weighted by Crippen LogP contribution is -2.17. The van der Waals surface area contributed by atoms with Crippen molar-refractivity contribution in [3.8, 4) is 22.6 Å². The van der Waals surface area contributed by atoms with Gasteiger partial charge in [-0.05, 0) is 60.2 Å². The lowest BCUT2D eigenvalue weighted by Gasteiger charge is -2.13. The van der Waals surface area contributed by atoms with Gasteiger partial charge >= 0.3 is 6.09 Å². The van der Waals surface area contributed by atoms with Crippen LogP contribution >= 0.6 is 0 Å². The number of carbonyl (C=O) groups excluding carboxylic acids is 1. The van der Waals surface area contributed by atoms with E-state index in [9.17, 15) is 4.79 Å². The highest BCUT2D eigenvalue weighted by Gasteiger charge is 2.11. The maximum Gasteiger partial charge on any atom is 0.417 e. The van der Waals surface area contributed by atoms with E-state index in [0.29, 0.717) is 28.6 Å². The van der Waals surface area contributed by atoms with Crippen LogP contribution in [0.1, 0.15) is 0 Å². The number of methoxy groups -OCH3 is 1. The Bertz CT molecular complexity index is 924. The van der Waals surface area contributed by atoms with Gasteiger partial charge in [-0.25, -0.2) is 4.79 Å². The Balaban J connectivity index is 1.81. The van der Waals surface area contributed by atoms with Crippen LogP contribution in [0.2, 0.25) is 0 Å². The van der Waals surface area contributed by atoms with E-state index in [1.54, 1.807) is 55.6 Å². The van der Waals surface area contributed by atoms with Crippen molar-refractivity contribution in [2.45, 2.75) is 0 Å². The summed E-state index contributed by atoms with van der Waals surface area (Å²) < 4.78 is 10.4. The number of amides is 1. The molecule has 0 unspecified atom stereocenters. The van der Waals surface area contributed by atoms with Crippen molar-refractivity contribution in [2.24, 2.45) is 0 Å². The summed E-state index contributed by atoms with van der Waals surface area (Å²) in [5.74, 6) is 1.09. The summed E-state index contributed by atoms with van der Waals surface area (Å²) in [4.78, 5) is 12.3. The molecule has 132 valence electrons. The van der Waals surface area contributed by atoms with Gasteiger partial charge in [0.1, 0.15) is 11.5 Å². The molecule has 0 fully saturated rings. The van der Waals surface area contributed by atoms with E-state index in [1.165, 1.54) is 0 Å². The zero-order chi connectivity index (χ0) is 18.5. The second-order valence-corrected chi connectivity index (χ2v) is 5.62. The van der Waals surface area contributed by atoms with E-state index in [2.05, 4.69) is 5.32 Å². The van der Waals surface area contributed by atoms with Gasteiger partial charge in [0.05, 0.1) is 12.8 Å². The molecule has 6 nitrogen and oxygen atoms in total. The van der Waals surface area contributed by atoms with Gasteiger partial charge < -0.3 is 20.9 Å². The van der Waals surface area contributed by atoms with Gasteiger partial charge in [-0.15, -0.1) is 0 Å². The minimum Gasteiger partial charge on any atom is -0.497 e. The van der Waals surface area contributed by atoms with Crippen molar-refractivity contribution < 1.29 is 14.3 Å². The number of rotatable bonds is 4. The van der Waals surface area contributed by atoms with E-state index in [1.807, 2.05) is 18.2 Å². The van der Waals surface area contributed by atoms with Crippen molar-refractivity contribution in [2.75, 3.05) is 23.9 Å². The summed E-state index contributed by atoms with van der Waals surface area (Å²) >= 11 is 0. The topological polar surface area (TPSA) is 99.6 Å². The first-order chi connectivity index (χ1) is 12.5. The van der Waals surface area contributed by atoms with Crippen LogP contribution in [0.5, 0.6) is 11.5 Å². The smallest absolute Gasteiger partial charge is 0.417 e. The molecule has 0 aliphatic rings. The third-order valence-electron chi connectivity index (χ3n) is 3.75. The molecule has 0 radical (unpaired) electrons. The predicted molar refractivity (Wildman–Crippen MR) is 103 cm³/mol. The quantitative estimate of drug-likeness (QED) is 0.615. The van der Waals surface area contributed by atoms with Crippen LogP contribution in [0.3, 0.4) is 0 Å². The predicted octanol–water partition coefficient (Wildman–Crippen LogP) is 4.14. The number of anilines is 3. The molecule has 26 heavy (non-hydrogen) atoms. The molecule has 0 atom stereocenters. The van der Waals surface area contributed by atoms with Crippen LogP contribution in [0.4, 0.5) is 21.9 Å². The highest BCUT2D eigenvalue weighted by molar-refractivity contribution is 5.93. The normalized spacial score (nSPS) is 10.2. The molecule has 0 heterocycles. The van der Waals surface area contributed by atoms with Crippen molar-refractivity contribution in [1.82, 2.24) is 0 Å². The first kappa shape index (κ1) is 17.2. The molecule has 0 aliphatic carbocycles. The molecule has 1 amide bonds. The number of carbonyl (C=O) groups is 1. The third-order valence-corrected chi connectivity index (χ3v) is 3.75. The summed E-state index contributed by atoms with van der Waals surface area (Å²) in [6.45, 7) is 0. The first-order valence-corrected chi connectivity index (χ1v) is 7.93. The molecule has 3 aromatic carbocycles. The zero-order valence-electron chi connectivity index (χ0n) is 14.2. The average Bonchev–Trinajstić information content (AvgIpc) is 2.64. The summed E-state index contributed by atoms with van der Waals surface area (Å²) in [7, 11) is 1.57. The fraction of sp³-hybridized carbons (Fsp3) is 0.0500. The lowest BCUT2D eigenvalue weighted by atomic mass is 10.0. The van der Waals surface area contributed by atoms with Crippen LogP contribution in [0.25, 0.3) is 11.1 Å². The van der Waals surface area contributed by atoms with Gasteiger partial charge in [0, 0.05) is 16.9 Å². The molecule has 5 N–H and O–H groups in total. The summed E-state index contributed by atoms with van der Waals surface area (Å²) in [5, 5.41) is 2.74. The Morgan fingerprint density at radius 1 is 0.885 bits per heavy atom. The molecule has 3 aromatic rings. The zero-order valence-corrected chi connectivity index (χ0v) is 14.2. The standard InChI is InChI=1S/C20H19N3O3/c1-25-16-6-8-17(9-7-16)26-20(24)23-19-10-5-15(22)12-18(19)13-3-2-4-14(21)11-13/h2-12H,21-22H2,1H3,(H,23,24). The number of benzene rings is 3. The average molecular weight is 349 g/mol.